The minimum absolute atomic E-state index is 0.0750. The molecule has 230 valence electrons. The molecule has 3 aromatic rings. The second-order valence-electron chi connectivity index (χ2n) is 10.7. The molecular weight excluding hydrogens is 566 g/mol. The summed E-state index contributed by atoms with van der Waals surface area (Å²) >= 11 is 1.19. The number of thioether (sulfide) groups is 1. The molecule has 0 radical (unpaired) electrons. The first-order valence-electron chi connectivity index (χ1n) is 15.4. The van der Waals surface area contributed by atoms with E-state index in [4.69, 9.17) is 15.5 Å². The van der Waals surface area contributed by atoms with Gasteiger partial charge in [-0.3, -0.25) is 4.98 Å². The van der Waals surface area contributed by atoms with E-state index >= 15 is 4.39 Å². The largest absolute Gasteiger partial charge is 0.400 e. The Labute approximate surface area is 257 Å². The molecule has 1 atom stereocenters. The number of allylic oxidation sites excluding steroid dienone is 1. The van der Waals surface area contributed by atoms with E-state index in [-0.39, 0.29) is 57.3 Å². The number of rotatable bonds is 2. The van der Waals surface area contributed by atoms with Crippen molar-refractivity contribution >= 4 is 34.2 Å². The third-order valence-electron chi connectivity index (χ3n) is 8.21. The highest BCUT2D eigenvalue weighted by molar-refractivity contribution is 7.99. The van der Waals surface area contributed by atoms with Crippen LogP contribution in [0.2, 0.25) is 0 Å². The molecule has 1 aromatic carbocycles. The molecule has 0 amide bonds. The van der Waals surface area contributed by atoms with E-state index < -0.39 is 11.6 Å². The summed E-state index contributed by atoms with van der Waals surface area (Å²) in [6.07, 6.45) is 7.27. The Morgan fingerprint density at radius 1 is 1.09 bits per heavy atom. The smallest absolute Gasteiger partial charge is 0.226 e. The van der Waals surface area contributed by atoms with Crippen molar-refractivity contribution in [2.24, 2.45) is 11.7 Å². The number of benzene rings is 1. The number of halogens is 2. The van der Waals surface area contributed by atoms with Gasteiger partial charge in [0.25, 0.3) is 0 Å². The lowest BCUT2D eigenvalue weighted by atomic mass is 9.91. The molecule has 7 nitrogen and oxygen atoms in total. The van der Waals surface area contributed by atoms with Crippen molar-refractivity contribution in [3.63, 3.8) is 0 Å². The van der Waals surface area contributed by atoms with E-state index in [0.29, 0.717) is 28.5 Å². The molecular formula is C33H42F2N6OS. The Morgan fingerprint density at radius 3 is 2.42 bits per heavy atom. The van der Waals surface area contributed by atoms with E-state index in [0.717, 1.165) is 37.6 Å². The maximum absolute atomic E-state index is 16.5. The Bertz CT molecular complexity index is 1580. The summed E-state index contributed by atoms with van der Waals surface area (Å²) in [6.45, 7) is 15.8. The van der Waals surface area contributed by atoms with Crippen LogP contribution in [-0.2, 0) is 18.0 Å². The molecule has 7 rings (SSSR count). The second kappa shape index (κ2) is 13.6. The Morgan fingerprint density at radius 2 is 1.77 bits per heavy atom. The van der Waals surface area contributed by atoms with Gasteiger partial charge in [0.1, 0.15) is 11.6 Å². The maximum atomic E-state index is 16.5. The summed E-state index contributed by atoms with van der Waals surface area (Å²) in [5, 5.41) is 10.4. The Balaban J connectivity index is 0.000000561. The van der Waals surface area contributed by atoms with Crippen LogP contribution in [0.15, 0.2) is 23.0 Å². The number of nitrogens with two attached hydrogens (primary N) is 1. The van der Waals surface area contributed by atoms with Crippen molar-refractivity contribution in [2.75, 3.05) is 17.2 Å². The number of aromatic nitrogens is 3. The minimum Gasteiger partial charge on any atom is -0.400 e. The molecule has 1 saturated carbocycles. The quantitative estimate of drug-likeness (QED) is 0.311. The standard InChI is InChI=1S/C26H22F2N6OS.C3H8.2C2H6/c1-12-2-5-34(26(12)3-4-26)25-32-7-14-15-9-35-10-16(15)19(21(28)22(14)33-25)23-20-13(6-29)18(30)11-36-24(20)17(27)8-31-23;1-3-2;2*1-2/h7-8,12H,2-5,9-11,30H2,1H3;3H2,1-2H3;2*1-2H3. The normalized spacial score (nSPS) is 18.9. The van der Waals surface area contributed by atoms with Gasteiger partial charge in [-0.25, -0.2) is 18.7 Å². The third kappa shape index (κ3) is 5.46. The van der Waals surface area contributed by atoms with Gasteiger partial charge in [0.15, 0.2) is 11.6 Å². The average molecular weight is 609 g/mol. The molecule has 10 heteroatoms. The first kappa shape index (κ1) is 32.6. The fraction of sp³-hybridized carbons (Fsp3) is 0.515. The van der Waals surface area contributed by atoms with Crippen LogP contribution in [0.4, 0.5) is 14.7 Å². The number of fused-ring (bicyclic) bond motifs is 4. The van der Waals surface area contributed by atoms with Crippen LogP contribution < -0.4 is 10.6 Å². The van der Waals surface area contributed by atoms with Crippen molar-refractivity contribution in [3.05, 3.63) is 46.4 Å². The van der Waals surface area contributed by atoms with Gasteiger partial charge < -0.3 is 15.4 Å². The van der Waals surface area contributed by atoms with E-state index in [1.807, 2.05) is 27.7 Å². The minimum atomic E-state index is -0.567. The average Bonchev–Trinajstić information content (AvgIpc) is 3.57. The predicted molar refractivity (Wildman–Crippen MR) is 170 cm³/mol. The van der Waals surface area contributed by atoms with Crippen LogP contribution in [0.5, 0.6) is 0 Å². The highest BCUT2D eigenvalue weighted by atomic mass is 32.2. The van der Waals surface area contributed by atoms with Gasteiger partial charge in [-0.05, 0) is 36.3 Å². The first-order valence-corrected chi connectivity index (χ1v) is 16.4. The van der Waals surface area contributed by atoms with Gasteiger partial charge >= 0.3 is 0 Å². The zero-order chi connectivity index (χ0) is 31.5. The molecule has 2 aromatic heterocycles. The highest BCUT2D eigenvalue weighted by Gasteiger charge is 2.56. The summed E-state index contributed by atoms with van der Waals surface area (Å²) in [5.74, 6) is 0.224. The van der Waals surface area contributed by atoms with Gasteiger partial charge in [0, 0.05) is 46.2 Å². The van der Waals surface area contributed by atoms with Crippen LogP contribution in [-0.4, -0.2) is 32.8 Å². The van der Waals surface area contributed by atoms with E-state index in [1.54, 1.807) is 6.20 Å². The van der Waals surface area contributed by atoms with Crippen LogP contribution in [0.25, 0.3) is 27.7 Å². The second-order valence-corrected chi connectivity index (χ2v) is 11.7. The molecule has 43 heavy (non-hydrogen) atoms. The topological polar surface area (TPSA) is 101 Å². The molecule has 1 unspecified atom stereocenters. The van der Waals surface area contributed by atoms with Crippen molar-refractivity contribution in [1.82, 2.24) is 15.0 Å². The van der Waals surface area contributed by atoms with Gasteiger partial charge in [0.05, 0.1) is 35.6 Å². The lowest BCUT2D eigenvalue weighted by Crippen LogP contribution is -2.35. The number of pyridine rings is 1. The molecule has 2 fully saturated rings. The number of hydrogen-bond donors (Lipinski definition) is 1. The summed E-state index contributed by atoms with van der Waals surface area (Å²) in [5.41, 5.74) is 8.86. The first-order chi connectivity index (χ1) is 20.9. The SMILES string of the molecule is CC.CC.CC1CCN(c2ncc3c4c(c(-c5ncc(F)c6c5C(C#N)=C(N)CS6)c(F)c3n2)COC4)C12CC2.CCC. The molecule has 3 aliphatic heterocycles. The maximum Gasteiger partial charge on any atom is 0.226 e. The van der Waals surface area contributed by atoms with Gasteiger partial charge in [-0.2, -0.15) is 5.26 Å². The molecule has 5 heterocycles. The zero-order valence-electron chi connectivity index (χ0n) is 26.3. The van der Waals surface area contributed by atoms with Crippen molar-refractivity contribution < 1.29 is 13.5 Å². The number of anilines is 1. The van der Waals surface area contributed by atoms with Crippen LogP contribution in [0.1, 0.15) is 90.8 Å². The summed E-state index contributed by atoms with van der Waals surface area (Å²) < 4.78 is 37.0. The van der Waals surface area contributed by atoms with Crippen LogP contribution in [0.3, 0.4) is 0 Å². The van der Waals surface area contributed by atoms with Crippen molar-refractivity contribution in [3.8, 4) is 17.3 Å². The molecule has 1 spiro atoms. The van der Waals surface area contributed by atoms with E-state index in [1.165, 1.54) is 18.2 Å². The number of ether oxygens (including phenoxy) is 1. The van der Waals surface area contributed by atoms with Crippen LogP contribution >= 0.6 is 11.8 Å². The van der Waals surface area contributed by atoms with Crippen molar-refractivity contribution in [1.29, 1.82) is 5.26 Å². The monoisotopic (exact) mass is 608 g/mol. The van der Waals surface area contributed by atoms with Gasteiger partial charge in [-0.1, -0.05) is 54.9 Å². The fourth-order valence-electron chi connectivity index (χ4n) is 6.10. The molecule has 0 bridgehead atoms. The fourth-order valence-corrected chi connectivity index (χ4v) is 7.07. The van der Waals surface area contributed by atoms with Gasteiger partial charge in [-0.15, -0.1) is 11.8 Å². The van der Waals surface area contributed by atoms with E-state index in [9.17, 15) is 9.65 Å². The lowest BCUT2D eigenvalue weighted by Gasteiger charge is -2.27. The lowest BCUT2D eigenvalue weighted by molar-refractivity contribution is 0.135. The summed E-state index contributed by atoms with van der Waals surface area (Å²) in [6, 6.07) is 2.09. The Kier molecular flexibility index (Phi) is 10.3. The van der Waals surface area contributed by atoms with Gasteiger partial charge in [0.2, 0.25) is 5.95 Å². The molecule has 1 saturated heterocycles. The number of nitriles is 1. The van der Waals surface area contributed by atoms with E-state index in [2.05, 4.69) is 41.7 Å². The number of nitrogens with zero attached hydrogens (tertiary/aromatic N) is 5. The summed E-state index contributed by atoms with van der Waals surface area (Å²) in [4.78, 5) is 16.2. The molecule has 4 aliphatic rings. The van der Waals surface area contributed by atoms with Crippen LogP contribution in [0, 0.1) is 28.9 Å². The molecule has 2 N–H and O–H groups in total. The Hall–Kier alpha value is -3.29. The third-order valence-corrected chi connectivity index (χ3v) is 9.35. The highest BCUT2D eigenvalue weighted by Crippen LogP contribution is 2.54. The van der Waals surface area contributed by atoms with Crippen molar-refractivity contribution in [2.45, 2.75) is 97.8 Å². The zero-order valence-corrected chi connectivity index (χ0v) is 27.1. The number of hydrogen-bond acceptors (Lipinski definition) is 8. The predicted octanol–water partition coefficient (Wildman–Crippen LogP) is 8.15. The molecule has 1 aliphatic carbocycles. The summed E-state index contributed by atoms with van der Waals surface area (Å²) in [7, 11) is 0.